The SMILES string of the molecule is CC(C)(C)c1n[nH]c(C2CN(C(=O)c3ccsc3)CCO2)n1. The molecule has 2 aromatic rings. The number of ether oxygens (including phenoxy) is 1. The summed E-state index contributed by atoms with van der Waals surface area (Å²) in [5, 5.41) is 11.0. The summed E-state index contributed by atoms with van der Waals surface area (Å²) in [6, 6.07) is 1.85. The third-order valence-corrected chi connectivity index (χ3v) is 4.28. The van der Waals surface area contributed by atoms with E-state index in [1.165, 1.54) is 11.3 Å². The number of rotatable bonds is 2. The molecule has 0 spiro atoms. The van der Waals surface area contributed by atoms with Gasteiger partial charge in [0.25, 0.3) is 5.91 Å². The van der Waals surface area contributed by atoms with E-state index in [9.17, 15) is 4.79 Å². The number of nitrogens with zero attached hydrogens (tertiary/aromatic N) is 3. The van der Waals surface area contributed by atoms with Crippen LogP contribution in [-0.4, -0.2) is 45.7 Å². The molecule has 0 bridgehead atoms. The zero-order valence-electron chi connectivity index (χ0n) is 13.0. The number of nitrogens with one attached hydrogen (secondary N) is 1. The van der Waals surface area contributed by atoms with Gasteiger partial charge in [-0.15, -0.1) is 0 Å². The van der Waals surface area contributed by atoms with Crippen molar-refractivity contribution in [1.29, 1.82) is 0 Å². The first-order valence-corrected chi connectivity index (χ1v) is 8.25. The molecular formula is C15H20N4O2S. The van der Waals surface area contributed by atoms with Crippen LogP contribution in [0.5, 0.6) is 0 Å². The van der Waals surface area contributed by atoms with Gasteiger partial charge in [-0.25, -0.2) is 4.98 Å². The second kappa shape index (κ2) is 5.81. The predicted molar refractivity (Wildman–Crippen MR) is 84.0 cm³/mol. The lowest BCUT2D eigenvalue weighted by Crippen LogP contribution is -2.42. The molecule has 6 nitrogen and oxygen atoms in total. The fourth-order valence-corrected chi connectivity index (χ4v) is 2.95. The maximum absolute atomic E-state index is 12.4. The number of amides is 1. The van der Waals surface area contributed by atoms with Crippen LogP contribution in [0.2, 0.25) is 0 Å². The molecule has 1 unspecified atom stereocenters. The van der Waals surface area contributed by atoms with Crippen LogP contribution in [0.4, 0.5) is 0 Å². The molecule has 3 rings (SSSR count). The van der Waals surface area contributed by atoms with Gasteiger partial charge in [0.1, 0.15) is 6.10 Å². The van der Waals surface area contributed by atoms with E-state index in [-0.39, 0.29) is 17.4 Å². The zero-order valence-corrected chi connectivity index (χ0v) is 13.8. The predicted octanol–water partition coefficient (Wildman–Crippen LogP) is 2.38. The van der Waals surface area contributed by atoms with Crippen molar-refractivity contribution in [1.82, 2.24) is 20.1 Å². The average molecular weight is 320 g/mol. The van der Waals surface area contributed by atoms with E-state index >= 15 is 0 Å². The largest absolute Gasteiger partial charge is 0.367 e. The normalized spacial score (nSPS) is 19.4. The Hall–Kier alpha value is -1.73. The second-order valence-electron chi connectivity index (χ2n) is 6.42. The molecule has 0 radical (unpaired) electrons. The number of aromatic amines is 1. The van der Waals surface area contributed by atoms with E-state index in [1.54, 1.807) is 0 Å². The lowest BCUT2D eigenvalue weighted by Gasteiger charge is -2.31. The van der Waals surface area contributed by atoms with Crippen molar-refractivity contribution >= 4 is 17.2 Å². The van der Waals surface area contributed by atoms with Gasteiger partial charge >= 0.3 is 0 Å². The minimum absolute atomic E-state index is 0.0464. The number of hydrogen-bond donors (Lipinski definition) is 1. The fraction of sp³-hybridized carbons (Fsp3) is 0.533. The van der Waals surface area contributed by atoms with Gasteiger partial charge in [-0.2, -0.15) is 16.4 Å². The third-order valence-electron chi connectivity index (χ3n) is 3.60. The average Bonchev–Trinajstić information content (AvgIpc) is 3.17. The topological polar surface area (TPSA) is 71.1 Å². The van der Waals surface area contributed by atoms with E-state index in [1.807, 2.05) is 21.7 Å². The highest BCUT2D eigenvalue weighted by Gasteiger charge is 2.29. The first-order valence-electron chi connectivity index (χ1n) is 7.31. The molecule has 3 heterocycles. The van der Waals surface area contributed by atoms with Crippen LogP contribution in [0.1, 0.15) is 48.9 Å². The Morgan fingerprint density at radius 2 is 2.32 bits per heavy atom. The van der Waals surface area contributed by atoms with Crippen LogP contribution in [0.15, 0.2) is 16.8 Å². The summed E-state index contributed by atoms with van der Waals surface area (Å²) >= 11 is 1.53. The molecule has 1 N–H and O–H groups in total. The molecular weight excluding hydrogens is 300 g/mol. The molecule has 1 aliphatic heterocycles. The molecule has 7 heteroatoms. The number of H-pyrrole nitrogens is 1. The fourth-order valence-electron chi connectivity index (χ4n) is 2.32. The first kappa shape index (κ1) is 15.2. The van der Waals surface area contributed by atoms with Crippen LogP contribution in [0.25, 0.3) is 0 Å². The van der Waals surface area contributed by atoms with Gasteiger partial charge in [-0.1, -0.05) is 20.8 Å². The summed E-state index contributed by atoms with van der Waals surface area (Å²) in [5.74, 6) is 1.49. The molecule has 0 saturated carbocycles. The highest BCUT2D eigenvalue weighted by Crippen LogP contribution is 2.24. The summed E-state index contributed by atoms with van der Waals surface area (Å²) in [6.07, 6.45) is -0.250. The van der Waals surface area contributed by atoms with Gasteiger partial charge in [-0.05, 0) is 11.4 Å². The number of morpholine rings is 1. The van der Waals surface area contributed by atoms with Gasteiger partial charge < -0.3 is 9.64 Å². The Kier molecular flexibility index (Phi) is 4.01. The monoisotopic (exact) mass is 320 g/mol. The van der Waals surface area contributed by atoms with Gasteiger partial charge in [-0.3, -0.25) is 9.89 Å². The van der Waals surface area contributed by atoms with Crippen molar-refractivity contribution < 1.29 is 9.53 Å². The van der Waals surface area contributed by atoms with E-state index in [0.29, 0.717) is 25.5 Å². The van der Waals surface area contributed by atoms with E-state index in [2.05, 4.69) is 36.0 Å². The Morgan fingerprint density at radius 3 is 2.95 bits per heavy atom. The minimum Gasteiger partial charge on any atom is -0.367 e. The molecule has 1 amide bonds. The van der Waals surface area contributed by atoms with Crippen molar-refractivity contribution in [2.75, 3.05) is 19.7 Å². The quantitative estimate of drug-likeness (QED) is 0.922. The van der Waals surface area contributed by atoms with Gasteiger partial charge in [0.05, 0.1) is 18.7 Å². The lowest BCUT2D eigenvalue weighted by molar-refractivity contribution is -0.0266. The zero-order chi connectivity index (χ0) is 15.7. The summed E-state index contributed by atoms with van der Waals surface area (Å²) < 4.78 is 5.76. The minimum atomic E-state index is -0.250. The van der Waals surface area contributed by atoms with Crippen molar-refractivity contribution in [3.63, 3.8) is 0 Å². The number of carbonyl (C=O) groups excluding carboxylic acids is 1. The number of thiophene rings is 1. The smallest absolute Gasteiger partial charge is 0.254 e. The molecule has 1 saturated heterocycles. The maximum atomic E-state index is 12.4. The third kappa shape index (κ3) is 3.05. The molecule has 22 heavy (non-hydrogen) atoms. The number of hydrogen-bond acceptors (Lipinski definition) is 5. The number of carbonyl (C=O) groups is 1. The van der Waals surface area contributed by atoms with E-state index in [4.69, 9.17) is 4.74 Å². The van der Waals surface area contributed by atoms with Crippen molar-refractivity contribution in [3.8, 4) is 0 Å². The van der Waals surface area contributed by atoms with E-state index < -0.39 is 0 Å². The van der Waals surface area contributed by atoms with Crippen molar-refractivity contribution in [2.45, 2.75) is 32.3 Å². The Labute approximate surface area is 133 Å². The van der Waals surface area contributed by atoms with Crippen molar-refractivity contribution in [3.05, 3.63) is 34.0 Å². The standard InChI is InChI=1S/C15H20N4O2S/c1-15(2,3)14-16-12(17-18-14)11-8-19(5-6-21-11)13(20)10-4-7-22-9-10/h4,7,9,11H,5-6,8H2,1-3H3,(H,16,17,18). The van der Waals surface area contributed by atoms with E-state index in [0.717, 1.165) is 11.4 Å². The highest BCUT2D eigenvalue weighted by molar-refractivity contribution is 7.08. The number of aromatic nitrogens is 3. The van der Waals surface area contributed by atoms with Crippen LogP contribution in [-0.2, 0) is 10.2 Å². The highest BCUT2D eigenvalue weighted by atomic mass is 32.1. The molecule has 1 fully saturated rings. The molecule has 0 aliphatic carbocycles. The molecule has 2 aromatic heterocycles. The maximum Gasteiger partial charge on any atom is 0.254 e. The second-order valence-corrected chi connectivity index (χ2v) is 7.20. The van der Waals surface area contributed by atoms with Crippen molar-refractivity contribution in [2.24, 2.45) is 0 Å². The van der Waals surface area contributed by atoms with Gasteiger partial charge in [0, 0.05) is 17.3 Å². The molecule has 118 valence electrons. The van der Waals surface area contributed by atoms with Gasteiger partial charge in [0.2, 0.25) is 0 Å². The summed E-state index contributed by atoms with van der Waals surface area (Å²) in [6.45, 7) is 7.79. The summed E-state index contributed by atoms with van der Waals surface area (Å²) in [7, 11) is 0. The Balaban J connectivity index is 1.73. The molecule has 1 aliphatic rings. The summed E-state index contributed by atoms with van der Waals surface area (Å²) in [5.41, 5.74) is 0.619. The van der Waals surface area contributed by atoms with Crippen LogP contribution >= 0.6 is 11.3 Å². The summed E-state index contributed by atoms with van der Waals surface area (Å²) in [4.78, 5) is 18.8. The Morgan fingerprint density at radius 1 is 1.50 bits per heavy atom. The van der Waals surface area contributed by atoms with Gasteiger partial charge in [0.15, 0.2) is 11.6 Å². The molecule has 1 atom stereocenters. The van der Waals surface area contributed by atoms with Crippen LogP contribution in [0.3, 0.4) is 0 Å². The van der Waals surface area contributed by atoms with Crippen LogP contribution in [0, 0.1) is 0 Å². The van der Waals surface area contributed by atoms with Crippen LogP contribution < -0.4 is 0 Å². The Bertz CT molecular complexity index is 645. The molecule has 0 aromatic carbocycles. The lowest BCUT2D eigenvalue weighted by atomic mass is 9.96. The first-order chi connectivity index (χ1) is 10.4.